The summed E-state index contributed by atoms with van der Waals surface area (Å²) in [5, 5.41) is 12.1. The van der Waals surface area contributed by atoms with Crippen LogP contribution in [0.4, 0.5) is 11.4 Å². The molecule has 32 heavy (non-hydrogen) atoms. The molecule has 0 aliphatic rings. The molecule has 0 spiro atoms. The standard InChI is InChI=1S/C23H20ClN3O4S/c1-16(23(28)26-19-5-3-4-17(14-19)15-25)31-21-10-8-20(9-11-21)27(2)32(29,30)22-12-6-18(24)7-13-22/h3-14,16H,1-2H3,(H,26,28)/t16-/m0/s1. The molecule has 3 rings (SSSR count). The Morgan fingerprint density at radius 1 is 1.09 bits per heavy atom. The summed E-state index contributed by atoms with van der Waals surface area (Å²) < 4.78 is 32.4. The highest BCUT2D eigenvalue weighted by atomic mass is 35.5. The number of nitriles is 1. The van der Waals surface area contributed by atoms with E-state index >= 15 is 0 Å². The number of rotatable bonds is 7. The number of ether oxygens (including phenoxy) is 1. The van der Waals surface area contributed by atoms with Crippen LogP contribution in [0.3, 0.4) is 0 Å². The number of halogens is 1. The predicted molar refractivity (Wildman–Crippen MR) is 123 cm³/mol. The van der Waals surface area contributed by atoms with Crippen LogP contribution < -0.4 is 14.4 Å². The normalized spacial score (nSPS) is 11.8. The number of carbonyl (C=O) groups excluding carboxylic acids is 1. The van der Waals surface area contributed by atoms with Crippen molar-refractivity contribution in [2.75, 3.05) is 16.7 Å². The highest BCUT2D eigenvalue weighted by molar-refractivity contribution is 7.92. The number of hydrogen-bond donors (Lipinski definition) is 1. The Kier molecular flexibility index (Phi) is 7.03. The second-order valence-electron chi connectivity index (χ2n) is 6.86. The van der Waals surface area contributed by atoms with E-state index < -0.39 is 16.1 Å². The van der Waals surface area contributed by atoms with Crippen molar-refractivity contribution in [2.24, 2.45) is 0 Å². The Morgan fingerprint density at radius 3 is 2.38 bits per heavy atom. The van der Waals surface area contributed by atoms with Gasteiger partial charge in [0.1, 0.15) is 5.75 Å². The Balaban J connectivity index is 1.66. The number of hydrogen-bond acceptors (Lipinski definition) is 5. The van der Waals surface area contributed by atoms with E-state index in [0.29, 0.717) is 27.7 Å². The molecule has 164 valence electrons. The second kappa shape index (κ2) is 9.73. The number of benzene rings is 3. The minimum atomic E-state index is -3.75. The predicted octanol–water partition coefficient (Wildman–Crippen LogP) is 4.44. The van der Waals surface area contributed by atoms with E-state index in [9.17, 15) is 13.2 Å². The van der Waals surface area contributed by atoms with Gasteiger partial charge in [0.25, 0.3) is 15.9 Å². The fourth-order valence-electron chi connectivity index (χ4n) is 2.81. The zero-order valence-corrected chi connectivity index (χ0v) is 18.9. The molecule has 3 aromatic rings. The van der Waals surface area contributed by atoms with Crippen molar-refractivity contribution < 1.29 is 17.9 Å². The monoisotopic (exact) mass is 469 g/mol. The first-order chi connectivity index (χ1) is 15.2. The summed E-state index contributed by atoms with van der Waals surface area (Å²) in [6, 6.07) is 20.8. The average molecular weight is 470 g/mol. The second-order valence-corrected chi connectivity index (χ2v) is 9.27. The van der Waals surface area contributed by atoms with Crippen LogP contribution in [0.1, 0.15) is 12.5 Å². The van der Waals surface area contributed by atoms with Crippen LogP contribution in [0, 0.1) is 11.3 Å². The average Bonchev–Trinajstić information content (AvgIpc) is 2.79. The molecule has 1 N–H and O–H groups in total. The van der Waals surface area contributed by atoms with Crippen LogP contribution in [0.5, 0.6) is 5.75 Å². The third kappa shape index (κ3) is 5.38. The van der Waals surface area contributed by atoms with Gasteiger partial charge in [-0.05, 0) is 73.7 Å². The summed E-state index contributed by atoms with van der Waals surface area (Å²) in [5.74, 6) is 0.0195. The molecular weight excluding hydrogens is 450 g/mol. The SMILES string of the molecule is C[C@H](Oc1ccc(N(C)S(=O)(=O)c2ccc(Cl)cc2)cc1)C(=O)Nc1cccc(C#N)c1. The van der Waals surface area contributed by atoms with Gasteiger partial charge in [0.05, 0.1) is 22.2 Å². The molecule has 1 amide bonds. The summed E-state index contributed by atoms with van der Waals surface area (Å²) in [4.78, 5) is 12.5. The molecule has 1 atom stereocenters. The van der Waals surface area contributed by atoms with Crippen molar-refractivity contribution in [2.45, 2.75) is 17.9 Å². The summed E-state index contributed by atoms with van der Waals surface area (Å²) >= 11 is 5.83. The lowest BCUT2D eigenvalue weighted by molar-refractivity contribution is -0.122. The van der Waals surface area contributed by atoms with Crippen molar-refractivity contribution in [3.05, 3.63) is 83.4 Å². The molecule has 7 nitrogen and oxygen atoms in total. The van der Waals surface area contributed by atoms with Crippen molar-refractivity contribution in [1.82, 2.24) is 0 Å². The van der Waals surface area contributed by atoms with Gasteiger partial charge in [-0.1, -0.05) is 17.7 Å². The zero-order chi connectivity index (χ0) is 23.3. The first-order valence-electron chi connectivity index (χ1n) is 9.53. The highest BCUT2D eigenvalue weighted by Crippen LogP contribution is 2.25. The number of sulfonamides is 1. The molecule has 0 radical (unpaired) electrons. The smallest absolute Gasteiger partial charge is 0.265 e. The van der Waals surface area contributed by atoms with Crippen molar-refractivity contribution in [3.63, 3.8) is 0 Å². The van der Waals surface area contributed by atoms with Gasteiger partial charge in [-0.25, -0.2) is 8.42 Å². The van der Waals surface area contributed by atoms with Gasteiger partial charge in [0.2, 0.25) is 0 Å². The van der Waals surface area contributed by atoms with E-state index in [0.717, 1.165) is 4.31 Å². The molecule has 0 fully saturated rings. The van der Waals surface area contributed by atoms with Gasteiger partial charge >= 0.3 is 0 Å². The van der Waals surface area contributed by atoms with Gasteiger partial charge < -0.3 is 10.1 Å². The van der Waals surface area contributed by atoms with Crippen LogP contribution in [-0.4, -0.2) is 27.5 Å². The van der Waals surface area contributed by atoms with E-state index in [1.165, 1.54) is 31.3 Å². The van der Waals surface area contributed by atoms with Crippen LogP contribution in [0.2, 0.25) is 5.02 Å². The lowest BCUT2D eigenvalue weighted by atomic mass is 10.2. The Hall–Kier alpha value is -3.54. The largest absolute Gasteiger partial charge is 0.481 e. The molecule has 0 saturated heterocycles. The van der Waals surface area contributed by atoms with Crippen LogP contribution in [0.15, 0.2) is 77.7 Å². The summed E-state index contributed by atoms with van der Waals surface area (Å²) in [6.07, 6.45) is -0.817. The van der Waals surface area contributed by atoms with Gasteiger partial charge in [-0.2, -0.15) is 5.26 Å². The Bertz CT molecular complexity index is 1250. The Labute approximate surface area is 191 Å². The van der Waals surface area contributed by atoms with Crippen molar-refractivity contribution in [3.8, 4) is 11.8 Å². The molecule has 3 aromatic carbocycles. The molecule has 0 bridgehead atoms. The summed E-state index contributed by atoms with van der Waals surface area (Å²) in [6.45, 7) is 1.59. The van der Waals surface area contributed by atoms with E-state index in [2.05, 4.69) is 5.32 Å². The van der Waals surface area contributed by atoms with Crippen LogP contribution >= 0.6 is 11.6 Å². The topological polar surface area (TPSA) is 99.5 Å². The number of nitrogens with one attached hydrogen (secondary N) is 1. The fourth-order valence-corrected chi connectivity index (χ4v) is 4.13. The molecule has 0 aliphatic heterocycles. The zero-order valence-electron chi connectivity index (χ0n) is 17.3. The van der Waals surface area contributed by atoms with E-state index in [4.69, 9.17) is 21.6 Å². The third-order valence-corrected chi connectivity index (χ3v) is 6.67. The highest BCUT2D eigenvalue weighted by Gasteiger charge is 2.21. The molecule has 0 unspecified atom stereocenters. The lowest BCUT2D eigenvalue weighted by Crippen LogP contribution is -2.30. The quantitative estimate of drug-likeness (QED) is 0.551. The lowest BCUT2D eigenvalue weighted by Gasteiger charge is -2.20. The molecule has 0 aliphatic carbocycles. The third-order valence-electron chi connectivity index (χ3n) is 4.61. The van der Waals surface area contributed by atoms with Gasteiger partial charge in [0, 0.05) is 17.8 Å². The van der Waals surface area contributed by atoms with Crippen molar-refractivity contribution >= 4 is 38.9 Å². The number of carbonyl (C=O) groups is 1. The number of nitrogens with zero attached hydrogens (tertiary/aromatic N) is 2. The molecule has 0 saturated carbocycles. The van der Waals surface area contributed by atoms with Crippen LogP contribution in [0.25, 0.3) is 0 Å². The first-order valence-corrected chi connectivity index (χ1v) is 11.3. The minimum absolute atomic E-state index is 0.121. The van der Waals surface area contributed by atoms with E-state index in [1.54, 1.807) is 55.5 Å². The maximum Gasteiger partial charge on any atom is 0.265 e. The van der Waals surface area contributed by atoms with Crippen LogP contribution in [-0.2, 0) is 14.8 Å². The summed E-state index contributed by atoms with van der Waals surface area (Å²) in [7, 11) is -2.30. The number of amides is 1. The van der Waals surface area contributed by atoms with Gasteiger partial charge in [-0.3, -0.25) is 9.10 Å². The van der Waals surface area contributed by atoms with Crippen molar-refractivity contribution in [1.29, 1.82) is 5.26 Å². The van der Waals surface area contributed by atoms with E-state index in [-0.39, 0.29) is 10.8 Å². The molecular formula is C23H20ClN3O4S. The first kappa shape index (κ1) is 23.1. The minimum Gasteiger partial charge on any atom is -0.481 e. The van der Waals surface area contributed by atoms with Gasteiger partial charge in [-0.15, -0.1) is 0 Å². The molecule has 0 heterocycles. The maximum atomic E-state index is 12.8. The van der Waals surface area contributed by atoms with Gasteiger partial charge in [0.15, 0.2) is 6.10 Å². The Morgan fingerprint density at radius 2 is 1.75 bits per heavy atom. The fraction of sp³-hybridized carbons (Fsp3) is 0.130. The maximum absolute atomic E-state index is 12.8. The molecule has 0 aromatic heterocycles. The molecule has 9 heteroatoms. The van der Waals surface area contributed by atoms with E-state index in [1.807, 2.05) is 6.07 Å². The summed E-state index contributed by atoms with van der Waals surface area (Å²) in [5.41, 5.74) is 1.36. The number of anilines is 2.